The monoisotopic (exact) mass is 526 g/mol. The number of rotatable bonds is 5. The number of thiazole rings is 1. The van der Waals surface area contributed by atoms with Crippen LogP contribution in [0.1, 0.15) is 62.1 Å². The lowest BCUT2D eigenvalue weighted by molar-refractivity contribution is -0.128. The number of amides is 1. The minimum atomic E-state index is -1.24. The van der Waals surface area contributed by atoms with Crippen LogP contribution in [0.2, 0.25) is 0 Å². The normalized spacial score (nSPS) is 31.8. The first-order valence-electron chi connectivity index (χ1n) is 13.2. The van der Waals surface area contributed by atoms with Gasteiger partial charge in [0.2, 0.25) is 5.91 Å². The predicted molar refractivity (Wildman–Crippen MR) is 139 cm³/mol. The predicted octanol–water partition coefficient (Wildman–Crippen LogP) is 4.54. The average Bonchev–Trinajstić information content (AvgIpc) is 3.52. The molecule has 9 heteroatoms. The third kappa shape index (κ3) is 5.02. The van der Waals surface area contributed by atoms with E-state index in [1.54, 1.807) is 11.3 Å². The van der Waals surface area contributed by atoms with E-state index in [1.807, 2.05) is 5.51 Å². The molecule has 3 aliphatic rings. The molecule has 3 fully saturated rings. The van der Waals surface area contributed by atoms with Gasteiger partial charge in [-0.05, 0) is 80.7 Å². The molecule has 1 aliphatic heterocycles. The summed E-state index contributed by atoms with van der Waals surface area (Å²) in [4.78, 5) is 17.7. The number of carbonyl (C=O) groups is 1. The fourth-order valence-corrected chi connectivity index (χ4v) is 7.39. The summed E-state index contributed by atoms with van der Waals surface area (Å²) < 4.78 is 29.6. The molecular weight excluding hydrogens is 494 g/mol. The molecule has 1 aromatic heterocycles. The zero-order valence-corrected chi connectivity index (χ0v) is 21.4. The summed E-state index contributed by atoms with van der Waals surface area (Å²) >= 11 is 1.63. The fraction of sp³-hybridized carbons (Fsp3) is 0.500. The maximum atomic E-state index is 14.2. The summed E-state index contributed by atoms with van der Waals surface area (Å²) in [6, 6.07) is 10.4. The average molecular weight is 527 g/mol. The lowest BCUT2D eigenvalue weighted by Crippen LogP contribution is -2.49. The second kappa shape index (κ2) is 10.0. The molecule has 196 valence electrons. The molecule has 4 N–H and O–H groups in total. The Hall–Kier alpha value is -2.46. The molecular formula is C28H32F2N4O2S. The number of nitrogens with one attached hydrogen (secondary N) is 3. The van der Waals surface area contributed by atoms with Crippen molar-refractivity contribution >= 4 is 27.5 Å². The number of nitrogens with zero attached hydrogens (tertiary/aromatic N) is 1. The number of hydrogen-bond donors (Lipinski definition) is 4. The third-order valence-electron chi connectivity index (χ3n) is 8.57. The van der Waals surface area contributed by atoms with Crippen LogP contribution in [0.15, 0.2) is 41.9 Å². The van der Waals surface area contributed by atoms with Gasteiger partial charge >= 0.3 is 0 Å². The van der Waals surface area contributed by atoms with Gasteiger partial charge in [-0.1, -0.05) is 12.1 Å². The molecule has 0 bridgehead atoms. The quantitative estimate of drug-likeness (QED) is 0.392. The molecule has 2 saturated carbocycles. The van der Waals surface area contributed by atoms with Crippen LogP contribution in [-0.4, -0.2) is 33.7 Å². The fourth-order valence-electron chi connectivity index (χ4n) is 6.66. The van der Waals surface area contributed by atoms with Crippen LogP contribution in [0.3, 0.4) is 0 Å². The van der Waals surface area contributed by atoms with Crippen LogP contribution in [0, 0.1) is 23.5 Å². The number of carbonyl (C=O) groups excluding carboxylic acids is 1. The number of aromatic nitrogens is 1. The smallest absolute Gasteiger partial charge is 0.223 e. The van der Waals surface area contributed by atoms with Crippen LogP contribution in [0.4, 0.5) is 8.78 Å². The van der Waals surface area contributed by atoms with Crippen molar-refractivity contribution in [2.45, 2.75) is 75.1 Å². The first kappa shape index (κ1) is 24.9. The molecule has 6 atom stereocenters. The second-order valence-corrected chi connectivity index (χ2v) is 11.9. The van der Waals surface area contributed by atoms with Crippen LogP contribution in [-0.2, 0) is 11.2 Å². The Labute approximate surface area is 218 Å². The van der Waals surface area contributed by atoms with Gasteiger partial charge in [-0.3, -0.25) is 10.2 Å². The first-order valence-corrected chi connectivity index (χ1v) is 14.1. The Morgan fingerprint density at radius 2 is 2.00 bits per heavy atom. The van der Waals surface area contributed by atoms with Gasteiger partial charge in [0.1, 0.15) is 11.6 Å². The van der Waals surface area contributed by atoms with Gasteiger partial charge in [0, 0.05) is 30.0 Å². The Morgan fingerprint density at radius 3 is 2.84 bits per heavy atom. The summed E-state index contributed by atoms with van der Waals surface area (Å²) in [6.45, 7) is 0. The van der Waals surface area contributed by atoms with E-state index in [1.165, 1.54) is 23.8 Å². The minimum absolute atomic E-state index is 0.0216. The van der Waals surface area contributed by atoms with Crippen molar-refractivity contribution in [3.8, 4) is 0 Å². The second-order valence-electron chi connectivity index (χ2n) is 11.0. The maximum absolute atomic E-state index is 14.2. The van der Waals surface area contributed by atoms with E-state index < -0.39 is 17.2 Å². The summed E-state index contributed by atoms with van der Waals surface area (Å²) in [6.07, 6.45) is 4.62. The zero-order valence-electron chi connectivity index (χ0n) is 20.6. The van der Waals surface area contributed by atoms with Gasteiger partial charge in [-0.25, -0.2) is 19.2 Å². The van der Waals surface area contributed by atoms with Gasteiger partial charge < -0.3 is 10.4 Å². The molecule has 2 aromatic carbocycles. The molecule has 3 aromatic rings. The molecule has 4 unspecified atom stereocenters. The zero-order chi connectivity index (χ0) is 25.6. The van der Waals surface area contributed by atoms with Gasteiger partial charge in [0.05, 0.1) is 27.4 Å². The van der Waals surface area contributed by atoms with Crippen molar-refractivity contribution in [2.24, 2.45) is 11.8 Å². The van der Waals surface area contributed by atoms with E-state index in [4.69, 9.17) is 0 Å². The van der Waals surface area contributed by atoms with Crippen LogP contribution in [0.25, 0.3) is 10.2 Å². The van der Waals surface area contributed by atoms with Crippen molar-refractivity contribution in [2.75, 3.05) is 0 Å². The van der Waals surface area contributed by atoms with E-state index in [2.05, 4.69) is 39.4 Å². The first-order chi connectivity index (χ1) is 17.9. The summed E-state index contributed by atoms with van der Waals surface area (Å²) in [5.41, 5.74) is 9.65. The Morgan fingerprint density at radius 1 is 1.16 bits per heavy atom. The molecule has 0 radical (unpaired) electrons. The number of fused-ring (bicyclic) bond motifs is 2. The molecule has 6 rings (SSSR count). The Kier molecular flexibility index (Phi) is 6.73. The third-order valence-corrected chi connectivity index (χ3v) is 9.36. The van der Waals surface area contributed by atoms with E-state index in [9.17, 15) is 18.7 Å². The summed E-state index contributed by atoms with van der Waals surface area (Å²) in [5, 5.41) is 14.4. The summed E-state index contributed by atoms with van der Waals surface area (Å²) in [5.74, 6) is -1.06. The van der Waals surface area contributed by atoms with Crippen molar-refractivity contribution in [3.63, 3.8) is 0 Å². The minimum Gasteiger partial charge on any atom is -0.389 e. The Balaban J connectivity index is 1.10. The van der Waals surface area contributed by atoms with E-state index in [0.29, 0.717) is 31.2 Å². The molecule has 2 heterocycles. The highest BCUT2D eigenvalue weighted by molar-refractivity contribution is 7.16. The topological polar surface area (TPSA) is 86.3 Å². The Bertz CT molecular complexity index is 1280. The number of benzene rings is 2. The number of hydrazine groups is 1. The standard InChI is InChI=1S/C28H32F2N4O2S/c29-21-4-1-5-22(30)20(21)14-28(36)10-2-3-18(13-28)32-27(35)17-7-8-23-19(11-17)26(34-33-23)16-6-9-24-25(12-16)37-15-31-24/h1,4-6,9,12,15,17-19,23,26,33-34,36H,2-3,7-8,10-11,13-14H2,(H,32,35)/t17?,18-,19?,23?,26?,28-/m1/s1. The molecule has 1 saturated heterocycles. The van der Waals surface area contributed by atoms with Crippen molar-refractivity contribution in [1.29, 1.82) is 0 Å². The van der Waals surface area contributed by atoms with Gasteiger partial charge in [-0.2, -0.15) is 0 Å². The summed E-state index contributed by atoms with van der Waals surface area (Å²) in [7, 11) is 0. The number of aliphatic hydroxyl groups is 1. The highest BCUT2D eigenvalue weighted by Gasteiger charge is 2.44. The number of halogens is 2. The maximum Gasteiger partial charge on any atom is 0.223 e. The van der Waals surface area contributed by atoms with Gasteiger partial charge in [0.25, 0.3) is 0 Å². The SMILES string of the molecule is O=C(N[C@@H]1CCC[C@](O)(Cc2c(F)cccc2F)C1)C1CCC2NNC(c3ccc4ncsc4c3)C2C1. The van der Waals surface area contributed by atoms with Gasteiger partial charge in [0.15, 0.2) is 0 Å². The van der Waals surface area contributed by atoms with Crippen LogP contribution >= 0.6 is 11.3 Å². The lowest BCUT2D eigenvalue weighted by atomic mass is 9.73. The molecule has 6 nitrogen and oxygen atoms in total. The van der Waals surface area contributed by atoms with E-state index in [-0.39, 0.29) is 35.9 Å². The van der Waals surface area contributed by atoms with Crippen molar-refractivity contribution in [1.82, 2.24) is 21.2 Å². The van der Waals surface area contributed by atoms with Crippen LogP contribution < -0.4 is 16.2 Å². The highest BCUT2D eigenvalue weighted by Crippen LogP contribution is 2.41. The van der Waals surface area contributed by atoms with E-state index >= 15 is 0 Å². The molecule has 1 amide bonds. The van der Waals surface area contributed by atoms with Crippen molar-refractivity contribution < 1.29 is 18.7 Å². The van der Waals surface area contributed by atoms with Crippen LogP contribution in [0.5, 0.6) is 0 Å². The van der Waals surface area contributed by atoms with Gasteiger partial charge in [-0.15, -0.1) is 11.3 Å². The lowest BCUT2D eigenvalue weighted by Gasteiger charge is -2.39. The molecule has 37 heavy (non-hydrogen) atoms. The van der Waals surface area contributed by atoms with E-state index in [0.717, 1.165) is 35.9 Å². The highest BCUT2D eigenvalue weighted by atomic mass is 32.1. The molecule has 2 aliphatic carbocycles. The number of hydrogen-bond acceptors (Lipinski definition) is 6. The molecule has 0 spiro atoms. The largest absolute Gasteiger partial charge is 0.389 e. The van der Waals surface area contributed by atoms with Crippen molar-refractivity contribution in [3.05, 3.63) is 64.7 Å².